The Morgan fingerprint density at radius 2 is 1.05 bits per heavy atom. The average molecular weight is 292 g/mol. The summed E-state index contributed by atoms with van der Waals surface area (Å²) >= 11 is 3.68. The lowest BCUT2D eigenvalue weighted by Gasteiger charge is -1.83. The maximum Gasteiger partial charge on any atom is 0.0349 e. The minimum Gasteiger partial charge on any atom is -0.136 e. The van der Waals surface area contributed by atoms with Gasteiger partial charge in [-0.2, -0.15) is 0 Å². The Bertz CT molecular complexity index is 767. The van der Waals surface area contributed by atoms with Gasteiger partial charge >= 0.3 is 0 Å². The van der Waals surface area contributed by atoms with Crippen LogP contribution in [0.5, 0.6) is 0 Å². The molecular weight excluding hydrogens is 280 g/mol. The maximum atomic E-state index is 2.25. The number of hydrogen-bond donors (Lipinski definition) is 0. The van der Waals surface area contributed by atoms with Crippen LogP contribution in [0.15, 0.2) is 60.7 Å². The molecule has 0 aliphatic carbocycles. The third-order valence-corrected chi connectivity index (χ3v) is 5.46. The molecule has 4 rings (SSSR count). The number of rotatable bonds is 2. The van der Waals surface area contributed by atoms with Gasteiger partial charge in [-0.15, -0.1) is 22.7 Å². The topological polar surface area (TPSA) is 0 Å². The fourth-order valence-electron chi connectivity index (χ4n) is 2.33. The molecule has 2 aromatic carbocycles. The fraction of sp³-hybridized carbons (Fsp3) is 0. The van der Waals surface area contributed by atoms with E-state index in [2.05, 4.69) is 72.8 Å². The predicted octanol–water partition coefficient (Wildman–Crippen LogP) is 6.29. The van der Waals surface area contributed by atoms with Crippen LogP contribution in [0.4, 0.5) is 0 Å². The van der Waals surface area contributed by atoms with E-state index < -0.39 is 0 Å². The molecular formula is C18H12S2. The Hall–Kier alpha value is -1.90. The minimum absolute atomic E-state index is 1.31. The van der Waals surface area contributed by atoms with Gasteiger partial charge in [0.05, 0.1) is 0 Å². The van der Waals surface area contributed by atoms with E-state index in [-0.39, 0.29) is 0 Å². The number of fused-ring (bicyclic) bond motifs is 2. The van der Waals surface area contributed by atoms with Crippen molar-refractivity contribution in [2.75, 3.05) is 0 Å². The van der Waals surface area contributed by atoms with E-state index in [1.165, 1.54) is 29.9 Å². The van der Waals surface area contributed by atoms with Crippen molar-refractivity contribution in [2.45, 2.75) is 0 Å². The summed E-state index contributed by atoms with van der Waals surface area (Å²) in [6.45, 7) is 0. The van der Waals surface area contributed by atoms with Crippen LogP contribution in [0, 0.1) is 0 Å². The van der Waals surface area contributed by atoms with E-state index >= 15 is 0 Å². The molecule has 20 heavy (non-hydrogen) atoms. The highest BCUT2D eigenvalue weighted by molar-refractivity contribution is 7.20. The van der Waals surface area contributed by atoms with Crippen LogP contribution in [0.2, 0.25) is 0 Å². The van der Waals surface area contributed by atoms with Gasteiger partial charge < -0.3 is 0 Å². The Balaban J connectivity index is 1.70. The zero-order chi connectivity index (χ0) is 13.4. The SMILES string of the molecule is C(=C\c1cc2ccccc2s1)/c1cc2ccccc2s1. The first-order valence-electron chi connectivity index (χ1n) is 6.54. The molecule has 0 saturated carbocycles. The molecule has 0 radical (unpaired) electrons. The zero-order valence-electron chi connectivity index (χ0n) is 10.7. The van der Waals surface area contributed by atoms with Crippen molar-refractivity contribution < 1.29 is 0 Å². The second kappa shape index (κ2) is 4.89. The molecule has 4 aromatic rings. The molecule has 0 N–H and O–H groups in total. The number of thiophene rings is 2. The van der Waals surface area contributed by atoms with Gasteiger partial charge in [0, 0.05) is 19.2 Å². The van der Waals surface area contributed by atoms with Crippen molar-refractivity contribution in [1.82, 2.24) is 0 Å². The summed E-state index contributed by atoms with van der Waals surface area (Å²) < 4.78 is 2.70. The lowest BCUT2D eigenvalue weighted by Crippen LogP contribution is -1.59. The first kappa shape index (κ1) is 11.9. The largest absolute Gasteiger partial charge is 0.136 e. The molecule has 0 aliphatic heterocycles. The molecule has 2 aromatic heterocycles. The highest BCUT2D eigenvalue weighted by Crippen LogP contribution is 2.29. The second-order valence-corrected chi connectivity index (χ2v) is 6.94. The van der Waals surface area contributed by atoms with E-state index in [1.54, 1.807) is 0 Å². The Morgan fingerprint density at radius 3 is 1.50 bits per heavy atom. The molecule has 2 heteroatoms. The first-order chi connectivity index (χ1) is 9.88. The van der Waals surface area contributed by atoms with Crippen molar-refractivity contribution in [2.24, 2.45) is 0 Å². The quantitative estimate of drug-likeness (QED) is 0.407. The van der Waals surface area contributed by atoms with Crippen LogP contribution in [0.1, 0.15) is 9.75 Å². The van der Waals surface area contributed by atoms with Gasteiger partial charge in [0.15, 0.2) is 0 Å². The summed E-state index contributed by atoms with van der Waals surface area (Å²) in [6.07, 6.45) is 4.44. The zero-order valence-corrected chi connectivity index (χ0v) is 12.4. The summed E-state index contributed by atoms with van der Waals surface area (Å²) in [5, 5.41) is 2.65. The Morgan fingerprint density at radius 1 is 0.600 bits per heavy atom. The normalized spacial score (nSPS) is 11.8. The number of hydrogen-bond acceptors (Lipinski definition) is 2. The molecule has 2 heterocycles. The first-order valence-corrected chi connectivity index (χ1v) is 8.17. The highest BCUT2D eigenvalue weighted by Gasteiger charge is 2.00. The lowest BCUT2D eigenvalue weighted by atomic mass is 10.2. The van der Waals surface area contributed by atoms with Crippen molar-refractivity contribution in [3.63, 3.8) is 0 Å². The van der Waals surface area contributed by atoms with Gasteiger partial charge in [-0.25, -0.2) is 0 Å². The van der Waals surface area contributed by atoms with Crippen molar-refractivity contribution in [3.8, 4) is 0 Å². The van der Waals surface area contributed by atoms with Crippen molar-refractivity contribution in [1.29, 1.82) is 0 Å². The molecule has 0 fully saturated rings. The number of benzene rings is 2. The van der Waals surface area contributed by atoms with Gasteiger partial charge in [-0.05, 0) is 47.2 Å². The van der Waals surface area contributed by atoms with Gasteiger partial charge in [-0.1, -0.05) is 36.4 Å². The monoisotopic (exact) mass is 292 g/mol. The van der Waals surface area contributed by atoms with Crippen LogP contribution in [-0.4, -0.2) is 0 Å². The van der Waals surface area contributed by atoms with Crippen LogP contribution in [0.3, 0.4) is 0 Å². The van der Waals surface area contributed by atoms with E-state index in [0.29, 0.717) is 0 Å². The standard InChI is InChI=1S/C18H12S2/c1-3-7-17-13(5-1)11-15(19-17)9-10-16-12-14-6-2-4-8-18(14)20-16/h1-12H/b10-9+. The minimum atomic E-state index is 1.31. The summed E-state index contributed by atoms with van der Waals surface area (Å²) in [5.41, 5.74) is 0. The summed E-state index contributed by atoms with van der Waals surface area (Å²) in [6, 6.07) is 21.6. The second-order valence-electron chi connectivity index (χ2n) is 4.71. The predicted molar refractivity (Wildman–Crippen MR) is 92.6 cm³/mol. The van der Waals surface area contributed by atoms with Gasteiger partial charge in [0.25, 0.3) is 0 Å². The lowest BCUT2D eigenvalue weighted by molar-refractivity contribution is 1.85. The Kier molecular flexibility index (Phi) is 2.91. The van der Waals surface area contributed by atoms with Crippen molar-refractivity contribution >= 4 is 55.0 Å². The molecule has 0 atom stereocenters. The third kappa shape index (κ3) is 2.17. The molecule has 0 aliphatic rings. The van der Waals surface area contributed by atoms with E-state index in [9.17, 15) is 0 Å². The average Bonchev–Trinajstić information content (AvgIpc) is 3.07. The molecule has 0 amide bonds. The maximum absolute atomic E-state index is 2.25. The smallest absolute Gasteiger partial charge is 0.0349 e. The van der Waals surface area contributed by atoms with Crippen LogP contribution in [0.25, 0.3) is 32.3 Å². The highest BCUT2D eigenvalue weighted by atomic mass is 32.1. The summed E-state index contributed by atoms with van der Waals surface area (Å²) in [4.78, 5) is 2.62. The molecule has 96 valence electrons. The van der Waals surface area contributed by atoms with E-state index in [4.69, 9.17) is 0 Å². The van der Waals surface area contributed by atoms with Crippen LogP contribution < -0.4 is 0 Å². The van der Waals surface area contributed by atoms with E-state index in [0.717, 1.165) is 0 Å². The van der Waals surface area contributed by atoms with Crippen LogP contribution in [-0.2, 0) is 0 Å². The summed E-state index contributed by atoms with van der Waals surface area (Å²) in [5.74, 6) is 0. The molecule has 0 nitrogen and oxygen atoms in total. The Labute approximate surface area is 125 Å². The fourth-order valence-corrected chi connectivity index (χ4v) is 4.27. The third-order valence-electron chi connectivity index (χ3n) is 3.30. The molecule has 0 spiro atoms. The van der Waals surface area contributed by atoms with Crippen molar-refractivity contribution in [3.05, 3.63) is 70.4 Å². The molecule has 0 saturated heterocycles. The molecule has 0 unspecified atom stereocenters. The van der Waals surface area contributed by atoms with Gasteiger partial charge in [0.1, 0.15) is 0 Å². The molecule has 0 bridgehead atoms. The van der Waals surface area contributed by atoms with E-state index in [1.807, 2.05) is 22.7 Å². The van der Waals surface area contributed by atoms with Gasteiger partial charge in [0.2, 0.25) is 0 Å². The summed E-state index contributed by atoms with van der Waals surface area (Å²) in [7, 11) is 0. The van der Waals surface area contributed by atoms with Crippen LogP contribution >= 0.6 is 22.7 Å². The van der Waals surface area contributed by atoms with Gasteiger partial charge in [-0.3, -0.25) is 0 Å².